The van der Waals surface area contributed by atoms with Crippen LogP contribution in [0.2, 0.25) is 0 Å². The summed E-state index contributed by atoms with van der Waals surface area (Å²) in [6, 6.07) is 4.37. The molecule has 2 aliphatic heterocycles. The minimum absolute atomic E-state index is 0.128. The summed E-state index contributed by atoms with van der Waals surface area (Å²) in [5.41, 5.74) is 0.525. The van der Waals surface area contributed by atoms with Gasteiger partial charge in [-0.2, -0.15) is 0 Å². The molecule has 4 rings (SSSR count). The van der Waals surface area contributed by atoms with E-state index in [1.54, 1.807) is 6.07 Å². The van der Waals surface area contributed by atoms with Crippen LogP contribution >= 0.6 is 0 Å². The van der Waals surface area contributed by atoms with Gasteiger partial charge < -0.3 is 14.5 Å². The van der Waals surface area contributed by atoms with E-state index in [0.717, 1.165) is 44.7 Å². The summed E-state index contributed by atoms with van der Waals surface area (Å²) < 4.78 is 18.9. The van der Waals surface area contributed by atoms with Crippen molar-refractivity contribution in [3.8, 4) is 5.75 Å². The number of carbonyl (C=O) groups is 2. The molecule has 2 amide bonds. The molecular formula is C22H29FN2O3. The summed E-state index contributed by atoms with van der Waals surface area (Å²) in [5, 5.41) is 0. The Bertz CT molecular complexity index is 754. The standard InChI is InChI=1S/C22H29FN2O3/c1-28-19-5-4-17(14-18(19)23)21(27)24-11-8-22(9-12-24)7-6-20(26)25(13-10-22)15-16-2-3-16/h4-5,14,16H,2-3,6-13,15H2,1H3. The highest BCUT2D eigenvalue weighted by Crippen LogP contribution is 2.42. The number of halogens is 1. The lowest BCUT2D eigenvalue weighted by atomic mass is 9.73. The fourth-order valence-corrected chi connectivity index (χ4v) is 4.62. The number of nitrogens with zero attached hydrogens (tertiary/aromatic N) is 2. The molecule has 3 aliphatic rings. The molecule has 0 radical (unpaired) electrons. The first-order valence-electron chi connectivity index (χ1n) is 10.4. The summed E-state index contributed by atoms with van der Waals surface area (Å²) in [6.07, 6.45) is 6.95. The van der Waals surface area contributed by atoms with Gasteiger partial charge in [0.25, 0.3) is 5.91 Å². The van der Waals surface area contributed by atoms with Crippen molar-refractivity contribution < 1.29 is 18.7 Å². The molecule has 2 heterocycles. The van der Waals surface area contributed by atoms with E-state index in [9.17, 15) is 14.0 Å². The lowest BCUT2D eigenvalue weighted by Gasteiger charge is -2.41. The normalized spacial score (nSPS) is 22.3. The van der Waals surface area contributed by atoms with Gasteiger partial charge in [-0.1, -0.05) is 0 Å². The zero-order valence-electron chi connectivity index (χ0n) is 16.6. The molecule has 0 bridgehead atoms. The van der Waals surface area contributed by atoms with E-state index in [1.165, 1.54) is 32.1 Å². The SMILES string of the molecule is COc1ccc(C(=O)N2CCC3(CCC(=O)N(CC4CC4)CC3)CC2)cc1F. The van der Waals surface area contributed by atoms with Crippen LogP contribution in [0, 0.1) is 17.2 Å². The average molecular weight is 388 g/mol. The second-order valence-corrected chi connectivity index (χ2v) is 8.67. The molecule has 1 spiro atoms. The molecule has 1 aliphatic carbocycles. The predicted molar refractivity (Wildman–Crippen MR) is 104 cm³/mol. The van der Waals surface area contributed by atoms with Gasteiger partial charge in [-0.15, -0.1) is 0 Å². The maximum atomic E-state index is 13.9. The largest absolute Gasteiger partial charge is 0.494 e. The van der Waals surface area contributed by atoms with Crippen molar-refractivity contribution in [3.63, 3.8) is 0 Å². The van der Waals surface area contributed by atoms with Gasteiger partial charge in [-0.05, 0) is 68.1 Å². The average Bonchev–Trinajstić information content (AvgIpc) is 3.54. The molecule has 6 heteroatoms. The zero-order valence-corrected chi connectivity index (χ0v) is 16.6. The van der Waals surface area contributed by atoms with Crippen molar-refractivity contribution in [2.75, 3.05) is 33.3 Å². The van der Waals surface area contributed by atoms with Crippen LogP contribution in [0.3, 0.4) is 0 Å². The third-order valence-corrected chi connectivity index (χ3v) is 6.82. The molecule has 5 nitrogen and oxygen atoms in total. The fourth-order valence-electron chi connectivity index (χ4n) is 4.62. The third kappa shape index (κ3) is 4.01. The fraction of sp³-hybridized carbons (Fsp3) is 0.636. The number of ether oxygens (including phenoxy) is 1. The molecule has 3 fully saturated rings. The van der Waals surface area contributed by atoms with Crippen LogP contribution in [-0.4, -0.2) is 54.9 Å². The quantitative estimate of drug-likeness (QED) is 0.794. The first-order valence-corrected chi connectivity index (χ1v) is 10.4. The van der Waals surface area contributed by atoms with Crippen molar-refractivity contribution in [3.05, 3.63) is 29.6 Å². The van der Waals surface area contributed by atoms with Gasteiger partial charge in [0.1, 0.15) is 0 Å². The Morgan fingerprint density at radius 1 is 1.18 bits per heavy atom. The maximum absolute atomic E-state index is 13.9. The molecule has 0 aromatic heterocycles. The first kappa shape index (κ1) is 19.2. The van der Waals surface area contributed by atoms with E-state index in [4.69, 9.17) is 4.74 Å². The summed E-state index contributed by atoms with van der Waals surface area (Å²) >= 11 is 0. The predicted octanol–water partition coefficient (Wildman–Crippen LogP) is 3.48. The molecule has 0 unspecified atom stereocenters. The van der Waals surface area contributed by atoms with Gasteiger partial charge in [0.15, 0.2) is 11.6 Å². The molecule has 0 atom stereocenters. The lowest BCUT2D eigenvalue weighted by molar-refractivity contribution is -0.130. The molecule has 2 saturated heterocycles. The van der Waals surface area contributed by atoms with Gasteiger partial charge in [0, 0.05) is 38.2 Å². The van der Waals surface area contributed by atoms with Crippen LogP contribution in [-0.2, 0) is 4.79 Å². The number of rotatable bonds is 4. The topological polar surface area (TPSA) is 49.9 Å². The molecule has 28 heavy (non-hydrogen) atoms. The summed E-state index contributed by atoms with van der Waals surface area (Å²) in [6.45, 7) is 3.13. The Labute approximate surface area is 165 Å². The number of hydrogen-bond acceptors (Lipinski definition) is 3. The Hall–Kier alpha value is -2.11. The number of methoxy groups -OCH3 is 1. The van der Waals surface area contributed by atoms with Crippen molar-refractivity contribution in [2.45, 2.75) is 44.9 Å². The highest BCUT2D eigenvalue weighted by molar-refractivity contribution is 5.94. The highest BCUT2D eigenvalue weighted by atomic mass is 19.1. The van der Waals surface area contributed by atoms with Gasteiger partial charge >= 0.3 is 0 Å². The van der Waals surface area contributed by atoms with Crippen molar-refractivity contribution in [1.29, 1.82) is 0 Å². The molecule has 152 valence electrons. The minimum Gasteiger partial charge on any atom is -0.494 e. The molecule has 1 saturated carbocycles. The van der Waals surface area contributed by atoms with E-state index in [2.05, 4.69) is 4.90 Å². The van der Waals surface area contributed by atoms with Gasteiger partial charge in [-0.25, -0.2) is 4.39 Å². The Kier molecular flexibility index (Phi) is 5.30. The first-order chi connectivity index (χ1) is 13.5. The van der Waals surface area contributed by atoms with Crippen molar-refractivity contribution in [2.24, 2.45) is 11.3 Å². The summed E-state index contributed by atoms with van der Waals surface area (Å²) in [5.74, 6) is 0.530. The number of benzene rings is 1. The van der Waals surface area contributed by atoms with E-state index >= 15 is 0 Å². The molecular weight excluding hydrogens is 359 g/mol. The van der Waals surface area contributed by atoms with Crippen LogP contribution in [0.1, 0.15) is 55.3 Å². The number of amides is 2. The molecule has 1 aromatic rings. The van der Waals surface area contributed by atoms with Crippen molar-refractivity contribution >= 4 is 11.8 Å². The number of hydrogen-bond donors (Lipinski definition) is 0. The van der Waals surface area contributed by atoms with E-state index in [1.807, 2.05) is 4.90 Å². The van der Waals surface area contributed by atoms with Crippen LogP contribution in [0.4, 0.5) is 4.39 Å². The molecule has 0 N–H and O–H groups in total. The van der Waals surface area contributed by atoms with Gasteiger partial charge in [0.05, 0.1) is 7.11 Å². The van der Waals surface area contributed by atoms with E-state index in [0.29, 0.717) is 31.0 Å². The zero-order chi connectivity index (χ0) is 19.7. The smallest absolute Gasteiger partial charge is 0.253 e. The van der Waals surface area contributed by atoms with Crippen LogP contribution < -0.4 is 4.74 Å². The van der Waals surface area contributed by atoms with Crippen molar-refractivity contribution in [1.82, 2.24) is 9.80 Å². The highest BCUT2D eigenvalue weighted by Gasteiger charge is 2.39. The second kappa shape index (κ2) is 7.72. The van der Waals surface area contributed by atoms with E-state index < -0.39 is 5.82 Å². The maximum Gasteiger partial charge on any atom is 0.253 e. The number of likely N-dealkylation sites (tertiary alicyclic amines) is 2. The Morgan fingerprint density at radius 3 is 2.54 bits per heavy atom. The van der Waals surface area contributed by atoms with Crippen LogP contribution in [0.25, 0.3) is 0 Å². The summed E-state index contributed by atoms with van der Waals surface area (Å²) in [7, 11) is 1.41. The van der Waals surface area contributed by atoms with E-state index in [-0.39, 0.29) is 17.1 Å². The Balaban J connectivity index is 1.36. The van der Waals surface area contributed by atoms with Gasteiger partial charge in [-0.3, -0.25) is 9.59 Å². The molecule has 1 aromatic carbocycles. The number of carbonyl (C=O) groups excluding carboxylic acids is 2. The van der Waals surface area contributed by atoms with Gasteiger partial charge in [0.2, 0.25) is 5.91 Å². The third-order valence-electron chi connectivity index (χ3n) is 6.82. The van der Waals surface area contributed by atoms with Crippen LogP contribution in [0.5, 0.6) is 5.75 Å². The lowest BCUT2D eigenvalue weighted by Crippen LogP contribution is -2.43. The van der Waals surface area contributed by atoms with Crippen LogP contribution in [0.15, 0.2) is 18.2 Å². The second-order valence-electron chi connectivity index (χ2n) is 8.67. The minimum atomic E-state index is -0.514. The number of piperidine rings is 1. The Morgan fingerprint density at radius 2 is 1.89 bits per heavy atom. The summed E-state index contributed by atoms with van der Waals surface area (Å²) in [4.78, 5) is 29.1. The monoisotopic (exact) mass is 388 g/mol.